The average molecular weight is 448 g/mol. The summed E-state index contributed by atoms with van der Waals surface area (Å²) in [6.45, 7) is 2.80. The number of aromatic nitrogens is 1. The van der Waals surface area contributed by atoms with Gasteiger partial charge in [0, 0.05) is 35.9 Å². The van der Waals surface area contributed by atoms with Gasteiger partial charge in [0.25, 0.3) is 0 Å². The Labute approximate surface area is 180 Å². The first-order valence-electron chi connectivity index (χ1n) is 9.59. The molecule has 0 fully saturated rings. The molecule has 0 spiro atoms. The van der Waals surface area contributed by atoms with Gasteiger partial charge in [-0.2, -0.15) is 0 Å². The molecule has 1 heterocycles. The molecule has 9 nitrogen and oxygen atoms in total. The molecule has 0 unspecified atom stereocenters. The summed E-state index contributed by atoms with van der Waals surface area (Å²) in [6, 6.07) is 11.8. The summed E-state index contributed by atoms with van der Waals surface area (Å²) < 4.78 is 30.7. The van der Waals surface area contributed by atoms with E-state index in [1.165, 1.54) is 0 Å². The molecule has 10 heteroatoms. The fourth-order valence-electron chi connectivity index (χ4n) is 3.30. The highest BCUT2D eigenvalue weighted by Crippen LogP contribution is 2.26. The number of sulfonamides is 1. The van der Waals surface area contributed by atoms with Crippen LogP contribution in [0.5, 0.6) is 5.75 Å². The van der Waals surface area contributed by atoms with Gasteiger partial charge >= 0.3 is 5.97 Å². The molecule has 2 aromatic carbocycles. The van der Waals surface area contributed by atoms with Crippen LogP contribution in [-0.2, 0) is 10.0 Å². The molecular formula is C21H25N3O6S. The fourth-order valence-corrected chi connectivity index (χ4v) is 3.85. The van der Waals surface area contributed by atoms with Crippen molar-refractivity contribution in [2.45, 2.75) is 13.0 Å². The van der Waals surface area contributed by atoms with Crippen molar-refractivity contribution in [1.29, 1.82) is 0 Å². The number of hydrogen-bond acceptors (Lipinski definition) is 6. The summed E-state index contributed by atoms with van der Waals surface area (Å²) in [7, 11) is -3.38. The van der Waals surface area contributed by atoms with Gasteiger partial charge in [0.05, 0.1) is 23.4 Å². The Bertz CT molecular complexity index is 1190. The number of carboxylic acids is 1. The topological polar surface area (TPSA) is 141 Å². The van der Waals surface area contributed by atoms with Crippen molar-refractivity contribution >= 4 is 32.6 Å². The van der Waals surface area contributed by atoms with Crippen molar-refractivity contribution in [2.24, 2.45) is 0 Å². The van der Waals surface area contributed by atoms with E-state index in [0.717, 1.165) is 6.26 Å². The van der Waals surface area contributed by atoms with E-state index in [9.17, 15) is 23.4 Å². The molecule has 0 bridgehead atoms. The number of fused-ring (bicyclic) bond motifs is 1. The minimum Gasteiger partial charge on any atom is -0.492 e. The molecule has 0 aliphatic carbocycles. The Morgan fingerprint density at radius 3 is 2.71 bits per heavy atom. The highest BCUT2D eigenvalue weighted by Gasteiger charge is 2.15. The normalized spacial score (nSPS) is 12.6. The molecule has 0 saturated carbocycles. The first-order chi connectivity index (χ1) is 14.6. The fraction of sp³-hybridized carbons (Fsp3) is 0.286. The number of nitrogens with one attached hydrogen (secondary N) is 3. The van der Waals surface area contributed by atoms with Crippen LogP contribution in [0.15, 0.2) is 42.5 Å². The van der Waals surface area contributed by atoms with E-state index >= 15 is 0 Å². The van der Waals surface area contributed by atoms with Gasteiger partial charge in [-0.05, 0) is 36.8 Å². The lowest BCUT2D eigenvalue weighted by atomic mass is 10.1. The van der Waals surface area contributed by atoms with Crippen molar-refractivity contribution in [1.82, 2.24) is 10.3 Å². The van der Waals surface area contributed by atoms with Gasteiger partial charge in [-0.1, -0.05) is 12.1 Å². The summed E-state index contributed by atoms with van der Waals surface area (Å²) in [6.07, 6.45) is 0.256. The molecule has 31 heavy (non-hydrogen) atoms. The van der Waals surface area contributed by atoms with Crippen LogP contribution in [0.25, 0.3) is 10.9 Å². The Morgan fingerprint density at radius 2 is 2.00 bits per heavy atom. The third-order valence-electron chi connectivity index (χ3n) is 4.63. The van der Waals surface area contributed by atoms with Crippen molar-refractivity contribution in [2.75, 3.05) is 30.7 Å². The van der Waals surface area contributed by atoms with Crippen LogP contribution in [0.2, 0.25) is 0 Å². The van der Waals surface area contributed by atoms with E-state index in [-0.39, 0.29) is 12.1 Å². The Hall–Kier alpha value is -3.08. The monoisotopic (exact) mass is 447 g/mol. The first kappa shape index (κ1) is 22.6. The molecule has 166 valence electrons. The van der Waals surface area contributed by atoms with E-state index in [1.54, 1.807) is 49.4 Å². The number of aromatic carboxylic acids is 1. The van der Waals surface area contributed by atoms with Crippen molar-refractivity contribution in [3.05, 3.63) is 59.3 Å². The third-order valence-corrected chi connectivity index (χ3v) is 5.24. The van der Waals surface area contributed by atoms with Crippen LogP contribution in [0.3, 0.4) is 0 Å². The maximum Gasteiger partial charge on any atom is 0.338 e. The summed E-state index contributed by atoms with van der Waals surface area (Å²) >= 11 is 0. The molecule has 5 N–H and O–H groups in total. The van der Waals surface area contributed by atoms with Gasteiger partial charge in [0.1, 0.15) is 12.4 Å². The SMILES string of the molecule is Cc1[nH]c2cc(OCCNC[C@H](O)c3cccc(NS(C)(=O)=O)c3)ccc2c1C(=O)O. The smallest absolute Gasteiger partial charge is 0.338 e. The highest BCUT2D eigenvalue weighted by atomic mass is 32.2. The number of ether oxygens (including phenoxy) is 1. The molecular weight excluding hydrogens is 422 g/mol. The molecule has 3 aromatic rings. The second kappa shape index (κ2) is 9.38. The molecule has 0 saturated heterocycles. The third kappa shape index (κ3) is 5.97. The summed E-state index contributed by atoms with van der Waals surface area (Å²) in [5, 5.41) is 23.3. The van der Waals surface area contributed by atoms with Crippen LogP contribution < -0.4 is 14.8 Å². The minimum atomic E-state index is -3.38. The van der Waals surface area contributed by atoms with E-state index in [1.807, 2.05) is 0 Å². The van der Waals surface area contributed by atoms with Crippen LogP contribution >= 0.6 is 0 Å². The average Bonchev–Trinajstić information content (AvgIpc) is 3.01. The van der Waals surface area contributed by atoms with Gasteiger partial charge in [0.15, 0.2) is 0 Å². The summed E-state index contributed by atoms with van der Waals surface area (Å²) in [5.41, 5.74) is 2.52. The molecule has 1 aromatic heterocycles. The zero-order valence-electron chi connectivity index (χ0n) is 17.2. The predicted molar refractivity (Wildman–Crippen MR) is 118 cm³/mol. The maximum absolute atomic E-state index is 11.4. The van der Waals surface area contributed by atoms with Gasteiger partial charge in [-0.25, -0.2) is 13.2 Å². The number of carboxylic acid groups (broad SMARTS) is 1. The van der Waals surface area contributed by atoms with Gasteiger partial charge in [-0.3, -0.25) is 4.72 Å². The number of aliphatic hydroxyl groups is 1. The quantitative estimate of drug-likeness (QED) is 0.300. The van der Waals surface area contributed by atoms with Gasteiger partial charge in [0.2, 0.25) is 10.0 Å². The molecule has 0 radical (unpaired) electrons. The molecule has 0 aliphatic heterocycles. The number of anilines is 1. The maximum atomic E-state index is 11.4. The van der Waals surface area contributed by atoms with Crippen molar-refractivity contribution < 1.29 is 28.2 Å². The van der Waals surface area contributed by atoms with E-state index in [4.69, 9.17) is 4.74 Å². The van der Waals surface area contributed by atoms with E-state index in [2.05, 4.69) is 15.0 Å². The van der Waals surface area contributed by atoms with E-state index in [0.29, 0.717) is 46.7 Å². The Kier molecular flexibility index (Phi) is 6.84. The molecule has 0 aliphatic rings. The molecule has 1 atom stereocenters. The lowest BCUT2D eigenvalue weighted by molar-refractivity contribution is 0.0698. The summed E-state index contributed by atoms with van der Waals surface area (Å²) in [4.78, 5) is 14.4. The second-order valence-corrected chi connectivity index (χ2v) is 8.95. The van der Waals surface area contributed by atoms with Crippen LogP contribution in [0.4, 0.5) is 5.69 Å². The van der Waals surface area contributed by atoms with Crippen LogP contribution in [-0.4, -0.2) is 55.5 Å². The number of rotatable bonds is 10. The first-order valence-corrected chi connectivity index (χ1v) is 11.5. The zero-order valence-corrected chi connectivity index (χ0v) is 18.0. The van der Waals surface area contributed by atoms with Crippen molar-refractivity contribution in [3.63, 3.8) is 0 Å². The number of benzene rings is 2. The number of aromatic amines is 1. The van der Waals surface area contributed by atoms with Crippen LogP contribution in [0.1, 0.15) is 27.7 Å². The predicted octanol–water partition coefficient (Wildman–Crippen LogP) is 2.25. The second-order valence-electron chi connectivity index (χ2n) is 7.21. The van der Waals surface area contributed by atoms with Gasteiger partial charge in [-0.15, -0.1) is 0 Å². The number of hydrogen-bond donors (Lipinski definition) is 5. The molecule has 3 rings (SSSR count). The standard InChI is InChI=1S/C21H25N3O6S/c1-13-20(21(26)27)17-7-6-16(11-18(17)23-13)30-9-8-22-12-19(25)14-4-3-5-15(10-14)24-31(2,28)29/h3-7,10-11,19,22-25H,8-9,12H2,1-2H3,(H,26,27)/t19-/m0/s1. The van der Waals surface area contributed by atoms with E-state index < -0.39 is 22.1 Å². The zero-order chi connectivity index (χ0) is 22.6. The number of H-pyrrole nitrogens is 1. The Balaban J connectivity index is 1.49. The lowest BCUT2D eigenvalue weighted by Gasteiger charge is -2.14. The largest absolute Gasteiger partial charge is 0.492 e. The number of carbonyl (C=O) groups is 1. The molecule has 0 amide bonds. The Morgan fingerprint density at radius 1 is 1.23 bits per heavy atom. The van der Waals surface area contributed by atoms with Crippen LogP contribution in [0, 0.1) is 6.92 Å². The van der Waals surface area contributed by atoms with Crippen molar-refractivity contribution in [3.8, 4) is 5.75 Å². The van der Waals surface area contributed by atoms with Gasteiger partial charge < -0.3 is 25.3 Å². The number of aliphatic hydroxyl groups excluding tert-OH is 1. The highest BCUT2D eigenvalue weighted by molar-refractivity contribution is 7.92. The lowest BCUT2D eigenvalue weighted by Crippen LogP contribution is -2.26. The minimum absolute atomic E-state index is 0.257. The summed E-state index contributed by atoms with van der Waals surface area (Å²) in [5.74, 6) is -0.370. The number of aryl methyl sites for hydroxylation is 1.